The van der Waals surface area contributed by atoms with Gasteiger partial charge >= 0.3 is 0 Å². The number of rotatable bonds is 5. The molecule has 2 aromatic rings. The van der Waals surface area contributed by atoms with E-state index in [9.17, 15) is 5.11 Å². The van der Waals surface area contributed by atoms with E-state index in [1.54, 1.807) is 6.07 Å². The fourth-order valence-corrected chi connectivity index (χ4v) is 2.08. The number of hydrogen-bond donors (Lipinski definition) is 1. The minimum atomic E-state index is 0.0412. The lowest BCUT2D eigenvalue weighted by Crippen LogP contribution is -1.95. The van der Waals surface area contributed by atoms with Gasteiger partial charge in [0.2, 0.25) is 0 Å². The molecule has 3 heteroatoms. The van der Waals surface area contributed by atoms with Crippen molar-refractivity contribution in [3.05, 3.63) is 59.7 Å². The lowest BCUT2D eigenvalue weighted by molar-refractivity contribution is 0.470. The molecule has 0 saturated heterocycles. The van der Waals surface area contributed by atoms with Crippen molar-refractivity contribution in [1.82, 2.24) is 0 Å². The second kappa shape index (κ2) is 6.85. The van der Waals surface area contributed by atoms with E-state index in [-0.39, 0.29) is 6.04 Å². The van der Waals surface area contributed by atoms with Crippen LogP contribution >= 0.6 is 0 Å². The van der Waals surface area contributed by atoms with Crippen molar-refractivity contribution in [3.63, 3.8) is 0 Å². The predicted molar refractivity (Wildman–Crippen MR) is 81.5 cm³/mol. The Bertz CT molecular complexity index is 579. The molecule has 1 atom stereocenters. The molecule has 1 unspecified atom stereocenters. The molecular formula is C17H20N2O. The van der Waals surface area contributed by atoms with Gasteiger partial charge in [0, 0.05) is 0 Å². The van der Waals surface area contributed by atoms with Crippen LogP contribution in [0.15, 0.2) is 58.8 Å². The highest BCUT2D eigenvalue weighted by Gasteiger charge is 2.10. The van der Waals surface area contributed by atoms with Gasteiger partial charge in [0.05, 0.1) is 11.7 Å². The summed E-state index contributed by atoms with van der Waals surface area (Å²) in [4.78, 5) is 0. The maximum atomic E-state index is 9.61. The van der Waals surface area contributed by atoms with E-state index in [1.165, 1.54) is 0 Å². The molecule has 0 amide bonds. The Morgan fingerprint density at radius 3 is 2.50 bits per heavy atom. The minimum absolute atomic E-state index is 0.0412. The number of phenols is 1. The van der Waals surface area contributed by atoms with Crippen LogP contribution in [0.25, 0.3) is 0 Å². The van der Waals surface area contributed by atoms with E-state index in [1.807, 2.05) is 49.4 Å². The summed E-state index contributed by atoms with van der Waals surface area (Å²) in [5, 5.41) is 18.4. The van der Waals surface area contributed by atoms with Gasteiger partial charge in [-0.05, 0) is 42.7 Å². The lowest BCUT2D eigenvalue weighted by Gasteiger charge is -2.12. The second-order valence-electron chi connectivity index (χ2n) is 4.90. The van der Waals surface area contributed by atoms with Gasteiger partial charge < -0.3 is 5.11 Å². The fraction of sp³-hybridized carbons (Fsp3) is 0.294. The number of aromatic hydroxyl groups is 1. The maximum Gasteiger partial charge on any atom is 0.118 e. The molecule has 0 aliphatic heterocycles. The SMILES string of the molecule is CCCC(N=Nc1ccccc1)c1ccc(O)c(C)c1. The number of aryl methyl sites for hydroxylation is 1. The van der Waals surface area contributed by atoms with Crippen molar-refractivity contribution < 1.29 is 5.11 Å². The van der Waals surface area contributed by atoms with E-state index >= 15 is 0 Å². The Morgan fingerprint density at radius 2 is 1.85 bits per heavy atom. The first-order valence-corrected chi connectivity index (χ1v) is 6.96. The quantitative estimate of drug-likeness (QED) is 0.732. The van der Waals surface area contributed by atoms with Crippen LogP contribution in [0.1, 0.15) is 36.9 Å². The summed E-state index contributed by atoms with van der Waals surface area (Å²) in [6, 6.07) is 15.4. The van der Waals surface area contributed by atoms with Crippen molar-refractivity contribution in [1.29, 1.82) is 0 Å². The van der Waals surface area contributed by atoms with Gasteiger partial charge in [0.1, 0.15) is 5.75 Å². The van der Waals surface area contributed by atoms with E-state index in [2.05, 4.69) is 17.2 Å². The molecule has 104 valence electrons. The second-order valence-corrected chi connectivity index (χ2v) is 4.90. The number of hydrogen-bond acceptors (Lipinski definition) is 3. The fourth-order valence-electron chi connectivity index (χ4n) is 2.08. The topological polar surface area (TPSA) is 45.0 Å². The van der Waals surface area contributed by atoms with Crippen molar-refractivity contribution >= 4 is 5.69 Å². The van der Waals surface area contributed by atoms with Gasteiger partial charge in [-0.25, -0.2) is 0 Å². The van der Waals surface area contributed by atoms with Gasteiger partial charge in [0.25, 0.3) is 0 Å². The largest absolute Gasteiger partial charge is 0.508 e. The third kappa shape index (κ3) is 3.67. The maximum absolute atomic E-state index is 9.61. The standard InChI is InChI=1S/C17H20N2O/c1-3-7-16(14-10-11-17(20)13(2)12-14)19-18-15-8-5-4-6-9-15/h4-6,8-12,16,20H,3,7H2,1-2H3. The van der Waals surface area contributed by atoms with Crippen molar-refractivity contribution in [2.45, 2.75) is 32.7 Å². The Balaban J connectivity index is 2.22. The van der Waals surface area contributed by atoms with E-state index < -0.39 is 0 Å². The normalized spacial score (nSPS) is 12.7. The van der Waals surface area contributed by atoms with Crippen molar-refractivity contribution in [2.24, 2.45) is 10.2 Å². The highest BCUT2D eigenvalue weighted by atomic mass is 16.3. The van der Waals surface area contributed by atoms with Gasteiger partial charge in [-0.15, -0.1) is 0 Å². The Morgan fingerprint density at radius 1 is 1.10 bits per heavy atom. The molecule has 2 rings (SSSR count). The van der Waals surface area contributed by atoms with E-state index in [0.29, 0.717) is 5.75 Å². The predicted octanol–water partition coefficient (Wildman–Crippen LogP) is 5.33. The molecular weight excluding hydrogens is 248 g/mol. The summed E-state index contributed by atoms with van der Waals surface area (Å²) < 4.78 is 0. The van der Waals surface area contributed by atoms with Crippen molar-refractivity contribution in [2.75, 3.05) is 0 Å². The summed E-state index contributed by atoms with van der Waals surface area (Å²) in [6.07, 6.45) is 1.99. The van der Waals surface area contributed by atoms with Gasteiger partial charge in [0.15, 0.2) is 0 Å². The molecule has 0 bridgehead atoms. The summed E-state index contributed by atoms with van der Waals surface area (Å²) >= 11 is 0. The highest BCUT2D eigenvalue weighted by Crippen LogP contribution is 2.28. The molecule has 0 aliphatic carbocycles. The number of azo groups is 1. The third-order valence-electron chi connectivity index (χ3n) is 3.24. The highest BCUT2D eigenvalue weighted by molar-refractivity contribution is 5.37. The Labute approximate surface area is 120 Å². The summed E-state index contributed by atoms with van der Waals surface area (Å²) in [7, 11) is 0. The van der Waals surface area contributed by atoms with E-state index in [0.717, 1.165) is 29.7 Å². The molecule has 20 heavy (non-hydrogen) atoms. The zero-order valence-corrected chi connectivity index (χ0v) is 12.0. The third-order valence-corrected chi connectivity index (χ3v) is 3.24. The van der Waals surface area contributed by atoms with E-state index in [4.69, 9.17) is 0 Å². The zero-order chi connectivity index (χ0) is 14.4. The Kier molecular flexibility index (Phi) is 4.88. The lowest BCUT2D eigenvalue weighted by atomic mass is 10.0. The zero-order valence-electron chi connectivity index (χ0n) is 12.0. The molecule has 0 heterocycles. The minimum Gasteiger partial charge on any atom is -0.508 e. The van der Waals surface area contributed by atoms with Crippen LogP contribution in [0.2, 0.25) is 0 Å². The van der Waals surface area contributed by atoms with Gasteiger partial charge in [-0.3, -0.25) is 0 Å². The molecule has 0 radical (unpaired) electrons. The summed E-state index contributed by atoms with van der Waals surface area (Å²) in [5.41, 5.74) is 2.84. The molecule has 3 nitrogen and oxygen atoms in total. The number of nitrogens with zero attached hydrogens (tertiary/aromatic N) is 2. The van der Waals surface area contributed by atoms with Crippen LogP contribution in [-0.4, -0.2) is 5.11 Å². The molecule has 1 N–H and O–H groups in total. The number of benzene rings is 2. The summed E-state index contributed by atoms with van der Waals surface area (Å²) in [6.45, 7) is 4.04. The van der Waals surface area contributed by atoms with Gasteiger partial charge in [-0.2, -0.15) is 10.2 Å². The van der Waals surface area contributed by atoms with Crippen LogP contribution in [0, 0.1) is 6.92 Å². The van der Waals surface area contributed by atoms with Crippen molar-refractivity contribution in [3.8, 4) is 5.75 Å². The average molecular weight is 268 g/mol. The molecule has 0 fully saturated rings. The first kappa shape index (κ1) is 14.3. The molecule has 0 aliphatic rings. The summed E-state index contributed by atoms with van der Waals surface area (Å²) in [5.74, 6) is 0.323. The smallest absolute Gasteiger partial charge is 0.118 e. The van der Waals surface area contributed by atoms with Crippen LogP contribution in [0.4, 0.5) is 5.69 Å². The molecule has 0 saturated carbocycles. The first-order chi connectivity index (χ1) is 9.70. The molecule has 0 aromatic heterocycles. The Hall–Kier alpha value is -2.16. The monoisotopic (exact) mass is 268 g/mol. The van der Waals surface area contributed by atoms with Crippen LogP contribution in [0.3, 0.4) is 0 Å². The van der Waals surface area contributed by atoms with Gasteiger partial charge in [-0.1, -0.05) is 43.7 Å². The first-order valence-electron chi connectivity index (χ1n) is 6.96. The molecule has 0 spiro atoms. The number of phenolic OH excluding ortho intramolecular Hbond substituents is 1. The average Bonchev–Trinajstić information content (AvgIpc) is 2.47. The van der Waals surface area contributed by atoms with Crippen LogP contribution in [-0.2, 0) is 0 Å². The van der Waals surface area contributed by atoms with Crippen LogP contribution in [0.5, 0.6) is 5.75 Å². The molecule has 2 aromatic carbocycles. The van der Waals surface area contributed by atoms with Crippen LogP contribution < -0.4 is 0 Å².